The molecule has 2 rings (SSSR count). The summed E-state index contributed by atoms with van der Waals surface area (Å²) in [7, 11) is -0.530. The van der Waals surface area contributed by atoms with Gasteiger partial charge in [0.1, 0.15) is 0 Å². The first kappa shape index (κ1) is 17.9. The molecule has 6 nitrogen and oxygen atoms in total. The molecule has 0 aliphatic carbocycles. The van der Waals surface area contributed by atoms with Gasteiger partial charge in [0.05, 0.1) is 11.4 Å². The summed E-state index contributed by atoms with van der Waals surface area (Å²) in [6.45, 7) is 4.41. The van der Waals surface area contributed by atoms with Crippen molar-refractivity contribution in [3.8, 4) is 0 Å². The van der Waals surface area contributed by atoms with Crippen molar-refractivity contribution >= 4 is 21.6 Å². The van der Waals surface area contributed by atoms with Crippen LogP contribution in [0.2, 0.25) is 0 Å². The third kappa shape index (κ3) is 4.76. The first-order valence-corrected chi connectivity index (χ1v) is 9.28. The molecule has 0 aromatic heterocycles. The number of carbonyl (C=O) groups is 1. The average Bonchev–Trinajstić information content (AvgIpc) is 2.47. The van der Waals surface area contributed by atoms with Crippen LogP contribution in [0.25, 0.3) is 0 Å². The molecule has 1 fully saturated rings. The Kier molecular flexibility index (Phi) is 5.78. The van der Waals surface area contributed by atoms with Crippen molar-refractivity contribution in [1.82, 2.24) is 9.21 Å². The van der Waals surface area contributed by atoms with E-state index >= 15 is 0 Å². The molecule has 23 heavy (non-hydrogen) atoms. The number of hydrogen-bond acceptors (Lipinski definition) is 4. The quantitative estimate of drug-likeness (QED) is 0.885. The summed E-state index contributed by atoms with van der Waals surface area (Å²) in [5.74, 6) is 0.503. The molecule has 0 saturated carbocycles. The standard InChI is InChI=1S/C16H25N3O3S/c1-13-6-5-9-19(11-13)12-16(20)17-14-7-4-8-15(10-14)23(21,22)18(2)3/h4,7-8,10,13H,5-6,9,11-12H2,1-3H3,(H,17,20)/t13-/m0/s1. The van der Waals surface area contributed by atoms with Crippen LogP contribution in [-0.2, 0) is 14.8 Å². The van der Waals surface area contributed by atoms with Crippen LogP contribution >= 0.6 is 0 Å². The van der Waals surface area contributed by atoms with E-state index in [4.69, 9.17) is 0 Å². The van der Waals surface area contributed by atoms with E-state index in [0.717, 1.165) is 23.8 Å². The van der Waals surface area contributed by atoms with Gasteiger partial charge in [-0.05, 0) is 43.5 Å². The summed E-state index contributed by atoms with van der Waals surface area (Å²) in [4.78, 5) is 14.5. The normalized spacial score (nSPS) is 19.7. The molecule has 1 aromatic rings. The van der Waals surface area contributed by atoms with Gasteiger partial charge in [-0.2, -0.15) is 0 Å². The molecule has 1 heterocycles. The lowest BCUT2D eigenvalue weighted by atomic mass is 10.0. The predicted molar refractivity (Wildman–Crippen MR) is 90.8 cm³/mol. The van der Waals surface area contributed by atoms with Crippen molar-refractivity contribution in [2.75, 3.05) is 39.0 Å². The van der Waals surface area contributed by atoms with Gasteiger partial charge in [0.2, 0.25) is 15.9 Å². The van der Waals surface area contributed by atoms with Crippen LogP contribution in [0.3, 0.4) is 0 Å². The summed E-state index contributed by atoms with van der Waals surface area (Å²) in [5.41, 5.74) is 0.503. The van der Waals surface area contributed by atoms with Gasteiger partial charge in [-0.1, -0.05) is 13.0 Å². The van der Waals surface area contributed by atoms with Crippen molar-refractivity contribution in [3.63, 3.8) is 0 Å². The van der Waals surface area contributed by atoms with Gasteiger partial charge in [-0.15, -0.1) is 0 Å². The lowest BCUT2D eigenvalue weighted by molar-refractivity contribution is -0.117. The summed E-state index contributed by atoms with van der Waals surface area (Å²) < 4.78 is 25.4. The van der Waals surface area contributed by atoms with E-state index in [1.807, 2.05) is 0 Å². The van der Waals surface area contributed by atoms with Gasteiger partial charge < -0.3 is 5.32 Å². The summed E-state index contributed by atoms with van der Waals surface area (Å²) in [6, 6.07) is 6.35. The largest absolute Gasteiger partial charge is 0.325 e. The molecule has 0 radical (unpaired) electrons. The van der Waals surface area contributed by atoms with E-state index < -0.39 is 10.0 Å². The second kappa shape index (κ2) is 7.42. The van der Waals surface area contributed by atoms with Crippen LogP contribution in [0.15, 0.2) is 29.2 Å². The Morgan fingerprint density at radius 3 is 2.78 bits per heavy atom. The molecule has 0 unspecified atom stereocenters. The van der Waals surface area contributed by atoms with E-state index in [1.54, 1.807) is 12.1 Å². The molecule has 1 atom stereocenters. The zero-order valence-corrected chi connectivity index (χ0v) is 14.8. The highest BCUT2D eigenvalue weighted by molar-refractivity contribution is 7.89. The van der Waals surface area contributed by atoms with E-state index in [9.17, 15) is 13.2 Å². The molecule has 1 saturated heterocycles. The molecule has 1 amide bonds. The first-order chi connectivity index (χ1) is 10.8. The smallest absolute Gasteiger partial charge is 0.242 e. The van der Waals surface area contributed by atoms with E-state index in [2.05, 4.69) is 17.1 Å². The molecule has 1 aromatic carbocycles. The van der Waals surface area contributed by atoms with Gasteiger partial charge in [0.15, 0.2) is 0 Å². The Labute approximate surface area is 138 Å². The van der Waals surface area contributed by atoms with Crippen molar-refractivity contribution in [1.29, 1.82) is 0 Å². The third-order valence-electron chi connectivity index (χ3n) is 4.00. The Morgan fingerprint density at radius 2 is 2.13 bits per heavy atom. The minimum atomic E-state index is -3.50. The topological polar surface area (TPSA) is 69.7 Å². The number of amides is 1. The Bertz CT molecular complexity index is 658. The van der Waals surface area contributed by atoms with Gasteiger partial charge in [0.25, 0.3) is 0 Å². The number of hydrogen-bond donors (Lipinski definition) is 1. The van der Waals surface area contributed by atoms with Crippen LogP contribution < -0.4 is 5.32 Å². The summed E-state index contributed by atoms with van der Waals surface area (Å²) in [5, 5.41) is 2.79. The fraction of sp³-hybridized carbons (Fsp3) is 0.562. The molecule has 1 aliphatic heterocycles. The van der Waals surface area contributed by atoms with Gasteiger partial charge in [-0.3, -0.25) is 9.69 Å². The van der Waals surface area contributed by atoms with Crippen molar-refractivity contribution in [2.45, 2.75) is 24.7 Å². The minimum Gasteiger partial charge on any atom is -0.325 e. The van der Waals surface area contributed by atoms with Gasteiger partial charge in [-0.25, -0.2) is 12.7 Å². The van der Waals surface area contributed by atoms with Crippen LogP contribution in [0, 0.1) is 5.92 Å². The maximum atomic E-state index is 12.2. The third-order valence-corrected chi connectivity index (χ3v) is 5.82. The van der Waals surface area contributed by atoms with E-state index in [1.165, 1.54) is 32.6 Å². The number of carbonyl (C=O) groups excluding carboxylic acids is 1. The molecule has 0 bridgehead atoms. The van der Waals surface area contributed by atoms with Gasteiger partial charge >= 0.3 is 0 Å². The zero-order chi connectivity index (χ0) is 17.0. The highest BCUT2D eigenvalue weighted by Crippen LogP contribution is 2.19. The lowest BCUT2D eigenvalue weighted by Gasteiger charge is -2.30. The highest BCUT2D eigenvalue weighted by atomic mass is 32.2. The SMILES string of the molecule is C[C@H]1CCCN(CC(=O)Nc2cccc(S(=O)(=O)N(C)C)c2)C1. The summed E-state index contributed by atoms with van der Waals surface area (Å²) >= 11 is 0. The Balaban J connectivity index is 2.01. The molecule has 128 valence electrons. The monoisotopic (exact) mass is 339 g/mol. The fourth-order valence-corrected chi connectivity index (χ4v) is 3.73. The number of nitrogens with zero attached hydrogens (tertiary/aromatic N) is 2. The number of sulfonamides is 1. The maximum absolute atomic E-state index is 12.2. The van der Waals surface area contributed by atoms with E-state index in [0.29, 0.717) is 18.2 Å². The van der Waals surface area contributed by atoms with Gasteiger partial charge in [0, 0.05) is 26.3 Å². The van der Waals surface area contributed by atoms with Crippen LogP contribution in [0.5, 0.6) is 0 Å². The molecular weight excluding hydrogens is 314 g/mol. The van der Waals surface area contributed by atoms with Crippen molar-refractivity contribution < 1.29 is 13.2 Å². The average molecular weight is 339 g/mol. The molecule has 7 heteroatoms. The number of rotatable bonds is 5. The number of nitrogens with one attached hydrogen (secondary N) is 1. The van der Waals surface area contributed by atoms with E-state index in [-0.39, 0.29) is 10.8 Å². The van der Waals surface area contributed by atoms with Crippen LogP contribution in [-0.4, -0.2) is 57.3 Å². The molecule has 1 aliphatic rings. The minimum absolute atomic E-state index is 0.112. The molecule has 0 spiro atoms. The molecule has 1 N–H and O–H groups in total. The van der Waals surface area contributed by atoms with Crippen LogP contribution in [0.4, 0.5) is 5.69 Å². The number of likely N-dealkylation sites (tertiary alicyclic amines) is 1. The van der Waals surface area contributed by atoms with Crippen LogP contribution in [0.1, 0.15) is 19.8 Å². The number of anilines is 1. The maximum Gasteiger partial charge on any atom is 0.242 e. The summed E-state index contributed by atoms with van der Waals surface area (Å²) in [6.07, 6.45) is 2.33. The van der Waals surface area contributed by atoms with Crippen molar-refractivity contribution in [3.05, 3.63) is 24.3 Å². The second-order valence-corrected chi connectivity index (χ2v) is 8.50. The zero-order valence-electron chi connectivity index (χ0n) is 13.9. The number of piperidine rings is 1. The highest BCUT2D eigenvalue weighted by Gasteiger charge is 2.20. The first-order valence-electron chi connectivity index (χ1n) is 7.84. The van der Waals surface area contributed by atoms with Crippen molar-refractivity contribution in [2.24, 2.45) is 5.92 Å². The Morgan fingerprint density at radius 1 is 1.39 bits per heavy atom. The number of benzene rings is 1. The fourth-order valence-electron chi connectivity index (χ4n) is 2.78. The lowest BCUT2D eigenvalue weighted by Crippen LogP contribution is -2.39. The predicted octanol–water partition coefficient (Wildman–Crippen LogP) is 1.61. The molecular formula is C16H25N3O3S. The Hall–Kier alpha value is -1.44. The second-order valence-electron chi connectivity index (χ2n) is 6.35.